The SMILES string of the molecule is CC[C@H](Nc1nc(N[C@H]2CCNC2)c2ncn(CF)c2n1)[C@@H](C)O. The van der Waals surface area contributed by atoms with Crippen LogP contribution in [0.3, 0.4) is 0 Å². The van der Waals surface area contributed by atoms with E-state index in [2.05, 4.69) is 30.9 Å². The molecule has 24 heavy (non-hydrogen) atoms. The number of hydrogen-bond acceptors (Lipinski definition) is 7. The van der Waals surface area contributed by atoms with Crippen LogP contribution in [0.5, 0.6) is 0 Å². The topological polar surface area (TPSA) is 99.9 Å². The second kappa shape index (κ2) is 7.27. The molecular weight excluding hydrogens is 313 g/mol. The maximum absolute atomic E-state index is 13.2. The van der Waals surface area contributed by atoms with Crippen LogP contribution in [0, 0.1) is 0 Å². The monoisotopic (exact) mass is 337 g/mol. The molecule has 0 unspecified atom stereocenters. The summed E-state index contributed by atoms with van der Waals surface area (Å²) in [4.78, 5) is 13.1. The van der Waals surface area contributed by atoms with Gasteiger partial charge in [-0.15, -0.1) is 0 Å². The average Bonchev–Trinajstić information content (AvgIpc) is 3.21. The molecule has 0 bridgehead atoms. The van der Waals surface area contributed by atoms with E-state index < -0.39 is 12.9 Å². The third kappa shape index (κ3) is 3.41. The van der Waals surface area contributed by atoms with Gasteiger partial charge in [0.15, 0.2) is 23.8 Å². The zero-order chi connectivity index (χ0) is 17.1. The number of aliphatic hydroxyl groups is 1. The molecule has 1 aliphatic rings. The van der Waals surface area contributed by atoms with Gasteiger partial charge in [0.1, 0.15) is 0 Å². The maximum Gasteiger partial charge on any atom is 0.227 e. The fourth-order valence-corrected chi connectivity index (χ4v) is 2.90. The predicted octanol–water partition coefficient (Wildman–Crippen LogP) is 1.10. The molecule has 3 heterocycles. The number of aromatic nitrogens is 4. The lowest BCUT2D eigenvalue weighted by atomic mass is 10.1. The minimum atomic E-state index is -0.703. The molecule has 4 N–H and O–H groups in total. The van der Waals surface area contributed by atoms with Crippen LogP contribution in [0.15, 0.2) is 6.33 Å². The standard InChI is InChI=1S/C15H24FN7O/c1-3-11(9(2)24)20-15-21-13(19-10-4-5-17-6-10)12-14(22-15)23(7-16)8-18-12/h8-11,17,24H,3-7H2,1-2H3,(H2,19,20,21,22)/t9-,10+,11+/m1/s1. The summed E-state index contributed by atoms with van der Waals surface area (Å²) in [6.45, 7) is 4.79. The van der Waals surface area contributed by atoms with Crippen molar-refractivity contribution in [3.05, 3.63) is 6.33 Å². The zero-order valence-corrected chi connectivity index (χ0v) is 14.0. The fourth-order valence-electron chi connectivity index (χ4n) is 2.90. The summed E-state index contributed by atoms with van der Waals surface area (Å²) in [6, 6.07) is 0.0791. The molecule has 132 valence electrons. The van der Waals surface area contributed by atoms with Gasteiger partial charge in [0.05, 0.1) is 18.5 Å². The summed E-state index contributed by atoms with van der Waals surface area (Å²) >= 11 is 0. The van der Waals surface area contributed by atoms with Crippen molar-refractivity contribution < 1.29 is 9.50 Å². The molecule has 1 fully saturated rings. The predicted molar refractivity (Wildman–Crippen MR) is 90.7 cm³/mol. The van der Waals surface area contributed by atoms with Gasteiger partial charge in [-0.2, -0.15) is 9.97 Å². The highest BCUT2D eigenvalue weighted by Gasteiger charge is 2.21. The Bertz CT molecular complexity index is 684. The summed E-state index contributed by atoms with van der Waals surface area (Å²) in [5.41, 5.74) is 0.985. The average molecular weight is 337 g/mol. The summed E-state index contributed by atoms with van der Waals surface area (Å²) in [7, 11) is 0. The molecule has 0 spiro atoms. The van der Waals surface area contributed by atoms with Gasteiger partial charge in [0.2, 0.25) is 5.95 Å². The molecule has 3 atom stereocenters. The van der Waals surface area contributed by atoms with Crippen molar-refractivity contribution in [3.8, 4) is 0 Å². The molecule has 1 saturated heterocycles. The Labute approximate surface area is 139 Å². The lowest BCUT2D eigenvalue weighted by molar-refractivity contribution is 0.169. The number of halogens is 1. The first-order valence-corrected chi connectivity index (χ1v) is 8.33. The molecule has 0 amide bonds. The molecule has 2 aromatic rings. The van der Waals surface area contributed by atoms with Crippen molar-refractivity contribution >= 4 is 22.9 Å². The number of hydrogen-bond donors (Lipinski definition) is 4. The number of imidazole rings is 1. The number of anilines is 2. The Kier molecular flexibility index (Phi) is 5.10. The van der Waals surface area contributed by atoms with Gasteiger partial charge in [-0.25, -0.2) is 9.37 Å². The highest BCUT2D eigenvalue weighted by molar-refractivity contribution is 5.84. The van der Waals surface area contributed by atoms with Crippen LogP contribution in [0.4, 0.5) is 16.2 Å². The Balaban J connectivity index is 1.96. The number of alkyl halides is 1. The third-order valence-corrected chi connectivity index (χ3v) is 4.33. The van der Waals surface area contributed by atoms with Crippen molar-refractivity contribution in [3.63, 3.8) is 0 Å². The van der Waals surface area contributed by atoms with Gasteiger partial charge < -0.3 is 21.1 Å². The van der Waals surface area contributed by atoms with Crippen molar-refractivity contribution in [2.75, 3.05) is 23.7 Å². The van der Waals surface area contributed by atoms with Gasteiger partial charge >= 0.3 is 0 Å². The van der Waals surface area contributed by atoms with Gasteiger partial charge in [-0.05, 0) is 26.3 Å². The molecule has 0 radical (unpaired) electrons. The first-order chi connectivity index (χ1) is 11.6. The quantitative estimate of drug-likeness (QED) is 0.600. The van der Waals surface area contributed by atoms with Gasteiger partial charge in [-0.3, -0.25) is 4.57 Å². The Morgan fingerprint density at radius 1 is 1.50 bits per heavy atom. The Morgan fingerprint density at radius 2 is 2.33 bits per heavy atom. The first-order valence-electron chi connectivity index (χ1n) is 8.33. The minimum Gasteiger partial charge on any atom is -0.391 e. The lowest BCUT2D eigenvalue weighted by Gasteiger charge is -2.20. The maximum atomic E-state index is 13.2. The number of aliphatic hydroxyl groups excluding tert-OH is 1. The van der Waals surface area contributed by atoms with E-state index in [1.165, 1.54) is 10.9 Å². The normalized spacial score (nSPS) is 20.2. The zero-order valence-electron chi connectivity index (χ0n) is 14.0. The first kappa shape index (κ1) is 16.8. The molecular formula is C15H24FN7O. The van der Waals surface area contributed by atoms with Crippen molar-refractivity contribution in [1.82, 2.24) is 24.8 Å². The number of fused-ring (bicyclic) bond motifs is 1. The van der Waals surface area contributed by atoms with Crippen molar-refractivity contribution in [2.45, 2.75) is 51.7 Å². The third-order valence-electron chi connectivity index (χ3n) is 4.33. The van der Waals surface area contributed by atoms with E-state index in [1.807, 2.05) is 6.92 Å². The van der Waals surface area contributed by atoms with Gasteiger partial charge in [-0.1, -0.05) is 6.92 Å². The second-order valence-electron chi connectivity index (χ2n) is 6.14. The van der Waals surface area contributed by atoms with Crippen molar-refractivity contribution in [2.24, 2.45) is 0 Å². The van der Waals surface area contributed by atoms with E-state index >= 15 is 0 Å². The van der Waals surface area contributed by atoms with Gasteiger partial charge in [0, 0.05) is 12.6 Å². The molecule has 0 aliphatic carbocycles. The highest BCUT2D eigenvalue weighted by Crippen LogP contribution is 2.23. The number of rotatable bonds is 7. The molecule has 0 saturated carbocycles. The smallest absolute Gasteiger partial charge is 0.227 e. The van der Waals surface area contributed by atoms with E-state index in [0.717, 1.165) is 25.9 Å². The Hall–Kier alpha value is -2.00. The summed E-state index contributed by atoms with van der Waals surface area (Å²) < 4.78 is 14.5. The summed E-state index contributed by atoms with van der Waals surface area (Å²) in [6.07, 6.45) is 2.59. The molecule has 1 aliphatic heterocycles. The molecule has 9 heteroatoms. The number of nitrogens with zero attached hydrogens (tertiary/aromatic N) is 4. The molecule has 0 aromatic carbocycles. The van der Waals surface area contributed by atoms with Crippen LogP contribution >= 0.6 is 0 Å². The highest BCUT2D eigenvalue weighted by atomic mass is 19.1. The van der Waals surface area contributed by atoms with E-state index in [9.17, 15) is 9.50 Å². The molecule has 3 rings (SSSR count). The van der Waals surface area contributed by atoms with E-state index in [1.54, 1.807) is 6.92 Å². The van der Waals surface area contributed by atoms with E-state index in [0.29, 0.717) is 22.9 Å². The number of nitrogens with one attached hydrogen (secondary N) is 3. The van der Waals surface area contributed by atoms with Crippen LogP contribution in [-0.4, -0.2) is 55.9 Å². The summed E-state index contributed by atoms with van der Waals surface area (Å²) in [5, 5.41) is 19.6. The second-order valence-corrected chi connectivity index (χ2v) is 6.14. The Morgan fingerprint density at radius 3 is 2.96 bits per heavy atom. The fraction of sp³-hybridized carbons (Fsp3) is 0.667. The van der Waals surface area contributed by atoms with Crippen LogP contribution < -0.4 is 16.0 Å². The van der Waals surface area contributed by atoms with Crippen LogP contribution in [-0.2, 0) is 6.80 Å². The summed E-state index contributed by atoms with van der Waals surface area (Å²) in [5.74, 6) is 0.947. The van der Waals surface area contributed by atoms with Crippen LogP contribution in [0.1, 0.15) is 26.7 Å². The molecule has 2 aromatic heterocycles. The van der Waals surface area contributed by atoms with E-state index in [4.69, 9.17) is 0 Å². The van der Waals surface area contributed by atoms with Crippen molar-refractivity contribution in [1.29, 1.82) is 0 Å². The van der Waals surface area contributed by atoms with Crippen LogP contribution in [0.25, 0.3) is 11.2 Å². The largest absolute Gasteiger partial charge is 0.391 e. The lowest BCUT2D eigenvalue weighted by Crippen LogP contribution is -2.31. The van der Waals surface area contributed by atoms with E-state index in [-0.39, 0.29) is 12.1 Å². The van der Waals surface area contributed by atoms with Crippen LogP contribution in [0.2, 0.25) is 0 Å². The molecule has 8 nitrogen and oxygen atoms in total. The minimum absolute atomic E-state index is 0.176. The van der Waals surface area contributed by atoms with Gasteiger partial charge in [0.25, 0.3) is 0 Å².